The minimum atomic E-state index is -0.0643. The first-order valence-corrected chi connectivity index (χ1v) is 9.16. The number of nitrogens with one attached hydrogen (secondary N) is 2. The summed E-state index contributed by atoms with van der Waals surface area (Å²) in [5.74, 6) is 1.43. The molecular weight excluding hydrogens is 284 g/mol. The van der Waals surface area contributed by atoms with Crippen molar-refractivity contribution in [2.24, 2.45) is 5.92 Å². The molecule has 1 saturated carbocycles. The number of anilines is 1. The van der Waals surface area contributed by atoms with E-state index in [2.05, 4.69) is 56.5 Å². The molecule has 0 heterocycles. The average Bonchev–Trinajstić information content (AvgIpc) is 2.53. The molecule has 0 aliphatic heterocycles. The lowest BCUT2D eigenvalue weighted by atomic mass is 9.89. The lowest BCUT2D eigenvalue weighted by Crippen LogP contribution is -2.34. The Morgan fingerprint density at radius 2 is 1.61 bits per heavy atom. The highest BCUT2D eigenvalue weighted by atomic mass is 16.2. The molecule has 3 heteroatoms. The first kappa shape index (κ1) is 17.8. The SMILES string of the molecule is CC(C)c1cccc(C(C)C)c1NC(=O)NCC1CCCCC1. The third-order valence-electron chi connectivity index (χ3n) is 4.89. The Morgan fingerprint density at radius 3 is 2.13 bits per heavy atom. The molecule has 1 aromatic rings. The van der Waals surface area contributed by atoms with Crippen molar-refractivity contribution in [1.82, 2.24) is 5.32 Å². The second-order valence-electron chi connectivity index (χ2n) is 7.46. The van der Waals surface area contributed by atoms with Gasteiger partial charge in [-0.3, -0.25) is 0 Å². The van der Waals surface area contributed by atoms with Gasteiger partial charge in [-0.2, -0.15) is 0 Å². The van der Waals surface area contributed by atoms with Crippen molar-refractivity contribution in [3.63, 3.8) is 0 Å². The van der Waals surface area contributed by atoms with E-state index in [1.807, 2.05) is 0 Å². The van der Waals surface area contributed by atoms with Crippen LogP contribution in [0.15, 0.2) is 18.2 Å². The molecule has 0 unspecified atom stereocenters. The molecule has 0 spiro atoms. The molecule has 23 heavy (non-hydrogen) atoms. The first-order valence-electron chi connectivity index (χ1n) is 9.16. The van der Waals surface area contributed by atoms with Crippen molar-refractivity contribution < 1.29 is 4.79 Å². The number of para-hydroxylation sites is 1. The summed E-state index contributed by atoms with van der Waals surface area (Å²) in [6.07, 6.45) is 6.46. The Hall–Kier alpha value is -1.51. The lowest BCUT2D eigenvalue weighted by molar-refractivity contribution is 0.247. The van der Waals surface area contributed by atoms with Gasteiger partial charge < -0.3 is 10.6 Å². The quantitative estimate of drug-likeness (QED) is 0.725. The van der Waals surface area contributed by atoms with Gasteiger partial charge in [0.25, 0.3) is 0 Å². The molecule has 0 aromatic heterocycles. The Bertz CT molecular complexity index is 490. The summed E-state index contributed by atoms with van der Waals surface area (Å²) < 4.78 is 0. The van der Waals surface area contributed by atoms with Crippen LogP contribution in [0.5, 0.6) is 0 Å². The van der Waals surface area contributed by atoms with Crippen LogP contribution in [0.2, 0.25) is 0 Å². The van der Waals surface area contributed by atoms with Crippen molar-refractivity contribution in [2.75, 3.05) is 11.9 Å². The number of amides is 2. The summed E-state index contributed by atoms with van der Waals surface area (Å²) in [4.78, 5) is 12.4. The maximum Gasteiger partial charge on any atom is 0.319 e. The van der Waals surface area contributed by atoms with Crippen LogP contribution in [-0.2, 0) is 0 Å². The van der Waals surface area contributed by atoms with Crippen molar-refractivity contribution in [3.05, 3.63) is 29.3 Å². The summed E-state index contributed by atoms with van der Waals surface area (Å²) in [6.45, 7) is 9.48. The van der Waals surface area contributed by atoms with E-state index in [0.29, 0.717) is 17.8 Å². The van der Waals surface area contributed by atoms with Gasteiger partial charge in [-0.15, -0.1) is 0 Å². The van der Waals surface area contributed by atoms with Crippen LogP contribution in [0, 0.1) is 5.92 Å². The van der Waals surface area contributed by atoms with Crippen LogP contribution >= 0.6 is 0 Å². The predicted octanol–water partition coefficient (Wildman–Crippen LogP) is 5.64. The zero-order valence-corrected chi connectivity index (χ0v) is 15.1. The highest BCUT2D eigenvalue weighted by molar-refractivity contribution is 5.91. The van der Waals surface area contributed by atoms with Crippen LogP contribution in [0.25, 0.3) is 0 Å². The van der Waals surface area contributed by atoms with Crippen LogP contribution in [0.1, 0.15) is 82.8 Å². The molecule has 0 radical (unpaired) electrons. The number of benzene rings is 1. The minimum absolute atomic E-state index is 0.0643. The van der Waals surface area contributed by atoms with Crippen molar-refractivity contribution in [2.45, 2.75) is 71.6 Å². The van der Waals surface area contributed by atoms with Gasteiger partial charge >= 0.3 is 6.03 Å². The Kier molecular flexibility index (Phi) is 6.49. The van der Waals surface area contributed by atoms with E-state index in [1.54, 1.807) is 0 Å². The van der Waals surface area contributed by atoms with E-state index in [9.17, 15) is 4.79 Å². The molecule has 3 nitrogen and oxygen atoms in total. The number of urea groups is 1. The average molecular weight is 316 g/mol. The fourth-order valence-corrected chi connectivity index (χ4v) is 3.48. The molecule has 1 aliphatic carbocycles. The highest BCUT2D eigenvalue weighted by Crippen LogP contribution is 2.32. The van der Waals surface area contributed by atoms with Gasteiger partial charge in [0, 0.05) is 12.2 Å². The molecule has 1 aliphatic rings. The molecule has 0 atom stereocenters. The molecule has 2 amide bonds. The van der Waals surface area contributed by atoms with E-state index in [1.165, 1.54) is 43.2 Å². The smallest absolute Gasteiger partial charge is 0.319 e. The van der Waals surface area contributed by atoms with Crippen LogP contribution in [0.4, 0.5) is 10.5 Å². The topological polar surface area (TPSA) is 41.1 Å². The third-order valence-corrected chi connectivity index (χ3v) is 4.89. The largest absolute Gasteiger partial charge is 0.338 e. The second-order valence-corrected chi connectivity index (χ2v) is 7.46. The molecule has 0 saturated heterocycles. The third kappa shape index (κ3) is 4.98. The van der Waals surface area contributed by atoms with Crippen molar-refractivity contribution in [1.29, 1.82) is 0 Å². The number of rotatable bonds is 5. The van der Waals surface area contributed by atoms with E-state index < -0.39 is 0 Å². The molecular formula is C20H32N2O. The van der Waals surface area contributed by atoms with E-state index in [0.717, 1.165) is 12.2 Å². The monoisotopic (exact) mass is 316 g/mol. The molecule has 2 rings (SSSR count). The molecule has 1 fully saturated rings. The summed E-state index contributed by atoms with van der Waals surface area (Å²) in [5.41, 5.74) is 3.42. The second kappa shape index (κ2) is 8.37. The lowest BCUT2D eigenvalue weighted by Gasteiger charge is -2.23. The van der Waals surface area contributed by atoms with Crippen LogP contribution in [-0.4, -0.2) is 12.6 Å². The fourth-order valence-electron chi connectivity index (χ4n) is 3.48. The zero-order valence-electron chi connectivity index (χ0n) is 15.1. The van der Waals surface area contributed by atoms with Gasteiger partial charge in [-0.05, 0) is 41.7 Å². The van der Waals surface area contributed by atoms with E-state index in [-0.39, 0.29) is 6.03 Å². The number of carbonyl (C=O) groups is 1. The molecule has 1 aromatic carbocycles. The fraction of sp³-hybridized carbons (Fsp3) is 0.650. The van der Waals surface area contributed by atoms with Crippen molar-refractivity contribution >= 4 is 11.7 Å². The van der Waals surface area contributed by atoms with E-state index in [4.69, 9.17) is 0 Å². The molecule has 128 valence electrons. The van der Waals surface area contributed by atoms with Gasteiger partial charge in [0.05, 0.1) is 0 Å². The number of carbonyl (C=O) groups excluding carboxylic acids is 1. The maximum atomic E-state index is 12.4. The summed E-state index contributed by atoms with van der Waals surface area (Å²) >= 11 is 0. The maximum absolute atomic E-state index is 12.4. The number of hydrogen-bond donors (Lipinski definition) is 2. The highest BCUT2D eigenvalue weighted by Gasteiger charge is 2.17. The summed E-state index contributed by atoms with van der Waals surface area (Å²) in [6, 6.07) is 6.27. The first-order chi connectivity index (χ1) is 11.0. The van der Waals surface area contributed by atoms with Gasteiger partial charge in [0.2, 0.25) is 0 Å². The normalized spacial score (nSPS) is 15.9. The Balaban J connectivity index is 2.03. The molecule has 0 bridgehead atoms. The standard InChI is InChI=1S/C20H32N2O/c1-14(2)17-11-8-12-18(15(3)4)19(17)22-20(23)21-13-16-9-6-5-7-10-16/h8,11-12,14-16H,5-7,9-10,13H2,1-4H3,(H2,21,22,23). The summed E-state index contributed by atoms with van der Waals surface area (Å²) in [5, 5.41) is 6.21. The van der Waals surface area contributed by atoms with Crippen molar-refractivity contribution in [3.8, 4) is 0 Å². The zero-order chi connectivity index (χ0) is 16.8. The Labute approximate surface area is 141 Å². The van der Waals surface area contributed by atoms with Gasteiger partial charge in [0.15, 0.2) is 0 Å². The Morgan fingerprint density at radius 1 is 1.04 bits per heavy atom. The van der Waals surface area contributed by atoms with Gasteiger partial charge in [-0.25, -0.2) is 4.79 Å². The minimum Gasteiger partial charge on any atom is -0.338 e. The van der Waals surface area contributed by atoms with Gasteiger partial charge in [-0.1, -0.05) is 65.2 Å². The molecule has 2 N–H and O–H groups in total. The van der Waals surface area contributed by atoms with Crippen LogP contribution in [0.3, 0.4) is 0 Å². The number of hydrogen-bond acceptors (Lipinski definition) is 1. The van der Waals surface area contributed by atoms with E-state index >= 15 is 0 Å². The predicted molar refractivity (Wildman–Crippen MR) is 98.2 cm³/mol. The van der Waals surface area contributed by atoms with Gasteiger partial charge in [0.1, 0.15) is 0 Å². The summed E-state index contributed by atoms with van der Waals surface area (Å²) in [7, 11) is 0. The van der Waals surface area contributed by atoms with Crippen LogP contribution < -0.4 is 10.6 Å².